The van der Waals surface area contributed by atoms with Crippen molar-refractivity contribution in [2.24, 2.45) is 0 Å². The van der Waals surface area contributed by atoms with E-state index in [2.05, 4.69) is 17.4 Å². The van der Waals surface area contributed by atoms with Gasteiger partial charge in [-0.2, -0.15) is 0 Å². The topological polar surface area (TPSA) is 105 Å². The first-order chi connectivity index (χ1) is 16.6. The van der Waals surface area contributed by atoms with Crippen LogP contribution in [0.5, 0.6) is 0 Å². The van der Waals surface area contributed by atoms with Gasteiger partial charge in [0.05, 0.1) is 0 Å². The maximum atomic E-state index is 12.8. The molecular weight excluding hydrogens is 448 g/mol. The standard InChI is InChI=1S/C27H32N2O6/c1-26(2,3)35-25(33)29-15-8-13-27(14-16-29,23(30)31)28-24(32)34-17-22-20-11-6-4-9-18(20)19-10-5-7-12-21(19)22/h4-7,9-12,22H,8,13-17H2,1-3H3,(H,28,32)(H,30,31)/t27-/m0/s1. The molecule has 8 heteroatoms. The Morgan fingerprint density at radius 1 is 1.00 bits per heavy atom. The van der Waals surface area contributed by atoms with Crippen LogP contribution in [0.2, 0.25) is 0 Å². The molecule has 0 spiro atoms. The average Bonchev–Trinajstić information content (AvgIpc) is 2.94. The SMILES string of the molecule is CC(C)(C)OC(=O)N1CCC[C@@](NC(=O)OCC2c3ccccc3-c3ccccc32)(C(=O)O)CC1. The van der Waals surface area contributed by atoms with Gasteiger partial charge in [-0.05, 0) is 62.3 Å². The number of benzene rings is 2. The number of ether oxygens (including phenoxy) is 2. The average molecular weight is 481 g/mol. The minimum absolute atomic E-state index is 0.0613. The lowest BCUT2D eigenvalue weighted by Gasteiger charge is -2.29. The molecule has 0 saturated carbocycles. The Morgan fingerprint density at radius 2 is 1.60 bits per heavy atom. The molecule has 2 aliphatic rings. The summed E-state index contributed by atoms with van der Waals surface area (Å²) in [6.45, 7) is 5.95. The third-order valence-electron chi connectivity index (χ3n) is 6.59. The Bertz CT molecular complexity index is 1080. The summed E-state index contributed by atoms with van der Waals surface area (Å²) in [6.07, 6.45) is -0.605. The van der Waals surface area contributed by atoms with Crippen LogP contribution in [0.25, 0.3) is 11.1 Å². The van der Waals surface area contributed by atoms with Gasteiger partial charge in [-0.15, -0.1) is 0 Å². The number of carboxylic acids is 1. The number of amides is 2. The molecule has 8 nitrogen and oxygen atoms in total. The van der Waals surface area contributed by atoms with Gasteiger partial charge in [0, 0.05) is 19.0 Å². The molecule has 0 aromatic heterocycles. The Morgan fingerprint density at radius 3 is 2.17 bits per heavy atom. The maximum absolute atomic E-state index is 12.8. The van der Waals surface area contributed by atoms with Crippen LogP contribution in [0.1, 0.15) is 57.1 Å². The van der Waals surface area contributed by atoms with Crippen LogP contribution in [-0.4, -0.2) is 59.0 Å². The van der Waals surface area contributed by atoms with Gasteiger partial charge in [-0.1, -0.05) is 48.5 Å². The zero-order valence-electron chi connectivity index (χ0n) is 20.4. The van der Waals surface area contributed by atoms with Gasteiger partial charge >= 0.3 is 18.2 Å². The molecule has 1 atom stereocenters. The second-order valence-electron chi connectivity index (χ2n) is 10.2. The smallest absolute Gasteiger partial charge is 0.410 e. The number of nitrogens with zero attached hydrogens (tertiary/aromatic N) is 1. The summed E-state index contributed by atoms with van der Waals surface area (Å²) in [5, 5.41) is 12.6. The first-order valence-electron chi connectivity index (χ1n) is 11.9. The molecule has 0 bridgehead atoms. The first kappa shape index (κ1) is 24.6. The Kier molecular flexibility index (Phi) is 6.74. The Labute approximate surface area is 205 Å². The molecule has 1 aliphatic heterocycles. The number of hydrogen-bond acceptors (Lipinski definition) is 5. The molecule has 1 saturated heterocycles. The molecule has 0 radical (unpaired) electrons. The lowest BCUT2D eigenvalue weighted by Crippen LogP contribution is -2.55. The van der Waals surface area contributed by atoms with Crippen LogP contribution in [0.3, 0.4) is 0 Å². The van der Waals surface area contributed by atoms with Crippen LogP contribution in [-0.2, 0) is 14.3 Å². The summed E-state index contributed by atoms with van der Waals surface area (Å²) in [6, 6.07) is 16.0. The van der Waals surface area contributed by atoms with Crippen LogP contribution in [0.15, 0.2) is 48.5 Å². The normalized spacial score (nSPS) is 19.8. The molecule has 186 valence electrons. The molecule has 35 heavy (non-hydrogen) atoms. The van der Waals surface area contributed by atoms with Crippen molar-refractivity contribution < 1.29 is 29.0 Å². The number of carbonyl (C=O) groups is 3. The molecule has 2 amide bonds. The van der Waals surface area contributed by atoms with E-state index in [1.54, 1.807) is 20.8 Å². The lowest BCUT2D eigenvalue weighted by molar-refractivity contribution is -0.145. The number of nitrogens with one attached hydrogen (secondary N) is 1. The summed E-state index contributed by atoms with van der Waals surface area (Å²) >= 11 is 0. The molecule has 4 rings (SSSR count). The van der Waals surface area contributed by atoms with Crippen LogP contribution in [0, 0.1) is 0 Å². The summed E-state index contributed by atoms with van der Waals surface area (Å²) < 4.78 is 11.0. The number of aliphatic carboxylic acids is 1. The third-order valence-corrected chi connectivity index (χ3v) is 6.59. The van der Waals surface area contributed by atoms with Crippen LogP contribution in [0.4, 0.5) is 9.59 Å². The van der Waals surface area contributed by atoms with Gasteiger partial charge in [0.1, 0.15) is 17.7 Å². The second-order valence-corrected chi connectivity index (χ2v) is 10.2. The van der Waals surface area contributed by atoms with Gasteiger partial charge in [0.15, 0.2) is 0 Å². The molecule has 1 fully saturated rings. The van der Waals surface area contributed by atoms with Gasteiger partial charge in [0.25, 0.3) is 0 Å². The fourth-order valence-electron chi connectivity index (χ4n) is 4.87. The van der Waals surface area contributed by atoms with E-state index in [0.29, 0.717) is 13.0 Å². The van der Waals surface area contributed by atoms with Crippen molar-refractivity contribution in [1.29, 1.82) is 0 Å². The quantitative estimate of drug-likeness (QED) is 0.653. The fraction of sp³-hybridized carbons (Fsp3) is 0.444. The van der Waals surface area contributed by atoms with Crippen molar-refractivity contribution in [2.45, 2.75) is 57.1 Å². The summed E-state index contributed by atoms with van der Waals surface area (Å²) in [4.78, 5) is 39.0. The predicted molar refractivity (Wildman–Crippen MR) is 130 cm³/mol. The van der Waals surface area contributed by atoms with E-state index in [1.165, 1.54) is 4.90 Å². The van der Waals surface area contributed by atoms with Gasteiger partial charge in [-0.3, -0.25) is 0 Å². The molecule has 2 aromatic rings. The second kappa shape index (κ2) is 9.60. The van der Waals surface area contributed by atoms with Crippen molar-refractivity contribution >= 4 is 18.2 Å². The van der Waals surface area contributed by atoms with Crippen LogP contribution >= 0.6 is 0 Å². The van der Waals surface area contributed by atoms with E-state index in [1.807, 2.05) is 36.4 Å². The first-order valence-corrected chi connectivity index (χ1v) is 11.9. The lowest BCUT2D eigenvalue weighted by atomic mass is 9.91. The number of alkyl carbamates (subject to hydrolysis) is 1. The third kappa shape index (κ3) is 5.26. The number of fused-ring (bicyclic) bond motifs is 3. The Balaban J connectivity index is 1.42. The van der Waals surface area contributed by atoms with Gasteiger partial charge < -0.3 is 24.8 Å². The fourth-order valence-corrected chi connectivity index (χ4v) is 4.87. The molecule has 1 aliphatic carbocycles. The Hall–Kier alpha value is -3.55. The zero-order chi connectivity index (χ0) is 25.2. The van der Waals surface area contributed by atoms with Crippen molar-refractivity contribution in [3.8, 4) is 11.1 Å². The molecular formula is C27H32N2O6. The summed E-state index contributed by atoms with van der Waals surface area (Å²) in [5.41, 5.74) is 2.23. The van der Waals surface area contributed by atoms with Crippen molar-refractivity contribution in [2.75, 3.05) is 19.7 Å². The van der Waals surface area contributed by atoms with Crippen molar-refractivity contribution in [1.82, 2.24) is 10.2 Å². The van der Waals surface area contributed by atoms with E-state index in [-0.39, 0.29) is 31.9 Å². The molecule has 0 unspecified atom stereocenters. The summed E-state index contributed by atoms with van der Waals surface area (Å²) in [7, 11) is 0. The minimum atomic E-state index is -1.51. The van der Waals surface area contributed by atoms with E-state index < -0.39 is 29.3 Å². The van der Waals surface area contributed by atoms with E-state index in [4.69, 9.17) is 9.47 Å². The zero-order valence-corrected chi connectivity index (χ0v) is 20.4. The number of carboxylic acid groups (broad SMARTS) is 1. The van der Waals surface area contributed by atoms with Crippen molar-refractivity contribution in [3.63, 3.8) is 0 Å². The highest BCUT2D eigenvalue weighted by Gasteiger charge is 2.43. The van der Waals surface area contributed by atoms with E-state index >= 15 is 0 Å². The molecule has 2 aromatic carbocycles. The van der Waals surface area contributed by atoms with Crippen molar-refractivity contribution in [3.05, 3.63) is 59.7 Å². The van der Waals surface area contributed by atoms with E-state index in [9.17, 15) is 19.5 Å². The highest BCUT2D eigenvalue weighted by molar-refractivity contribution is 5.85. The minimum Gasteiger partial charge on any atom is -0.480 e. The van der Waals surface area contributed by atoms with E-state index in [0.717, 1.165) is 22.3 Å². The monoisotopic (exact) mass is 480 g/mol. The maximum Gasteiger partial charge on any atom is 0.410 e. The van der Waals surface area contributed by atoms with Gasteiger partial charge in [0.2, 0.25) is 0 Å². The molecule has 2 N–H and O–H groups in total. The molecule has 1 heterocycles. The highest BCUT2D eigenvalue weighted by atomic mass is 16.6. The van der Waals surface area contributed by atoms with Crippen LogP contribution < -0.4 is 5.32 Å². The predicted octanol–water partition coefficient (Wildman–Crippen LogP) is 4.77. The highest BCUT2D eigenvalue weighted by Crippen LogP contribution is 2.44. The number of rotatable bonds is 4. The largest absolute Gasteiger partial charge is 0.480 e. The number of carbonyl (C=O) groups excluding carboxylic acids is 2. The number of likely N-dealkylation sites (tertiary alicyclic amines) is 1. The summed E-state index contributed by atoms with van der Waals surface area (Å²) in [5.74, 6) is -1.26. The van der Waals surface area contributed by atoms with Gasteiger partial charge in [-0.25, -0.2) is 14.4 Å². The number of hydrogen-bond donors (Lipinski definition) is 2.